The molecule has 2 atom stereocenters. The van der Waals surface area contributed by atoms with Crippen LogP contribution >= 0.6 is 0 Å². The van der Waals surface area contributed by atoms with E-state index in [9.17, 15) is 13.5 Å². The first-order valence-corrected chi connectivity index (χ1v) is 5.33. The van der Waals surface area contributed by atoms with Crippen LogP contribution in [0.2, 0.25) is 0 Å². The molecule has 0 unspecified atom stereocenters. The first kappa shape index (κ1) is 10.9. The van der Waals surface area contributed by atoms with Crippen molar-refractivity contribution in [3.05, 3.63) is 0 Å². The van der Waals surface area contributed by atoms with E-state index in [1.807, 2.05) is 0 Å². The van der Waals surface area contributed by atoms with Gasteiger partial charge in [0.1, 0.15) is 0 Å². The van der Waals surface area contributed by atoms with Crippen LogP contribution in [0.4, 0.5) is 0 Å². The summed E-state index contributed by atoms with van der Waals surface area (Å²) in [6.45, 7) is 0.398. The predicted molar refractivity (Wildman–Crippen MR) is 46.4 cm³/mol. The van der Waals surface area contributed by atoms with E-state index in [1.54, 1.807) is 0 Å². The number of nitrogens with zero attached hydrogens (tertiary/aromatic N) is 1. The van der Waals surface area contributed by atoms with Crippen molar-refractivity contribution in [1.82, 2.24) is 9.03 Å². The standard InChI is InChI=1S/C6H14N2O4S/c1-8(2)13(10,11)7-5-3-12-4-6(5)9/h5-7,9H,3-4H2,1-2H3/t5-,6-/m1/s1. The summed E-state index contributed by atoms with van der Waals surface area (Å²) in [6, 6.07) is -0.535. The summed E-state index contributed by atoms with van der Waals surface area (Å²) < 4.78 is 30.8. The molecule has 1 fully saturated rings. The maximum Gasteiger partial charge on any atom is 0.279 e. The van der Waals surface area contributed by atoms with Crippen LogP contribution in [0.3, 0.4) is 0 Å². The Kier molecular flexibility index (Phi) is 3.25. The van der Waals surface area contributed by atoms with Crippen molar-refractivity contribution in [3.8, 4) is 0 Å². The lowest BCUT2D eigenvalue weighted by atomic mass is 10.2. The minimum Gasteiger partial charge on any atom is -0.389 e. The fraction of sp³-hybridized carbons (Fsp3) is 1.00. The Balaban J connectivity index is 2.58. The number of hydrogen-bond acceptors (Lipinski definition) is 4. The van der Waals surface area contributed by atoms with E-state index in [1.165, 1.54) is 14.1 Å². The molecule has 6 nitrogen and oxygen atoms in total. The third kappa shape index (κ3) is 2.61. The van der Waals surface area contributed by atoms with Crippen LogP contribution in [0, 0.1) is 0 Å². The van der Waals surface area contributed by atoms with Gasteiger partial charge in [0.15, 0.2) is 0 Å². The molecule has 0 amide bonds. The van der Waals surface area contributed by atoms with Crippen LogP contribution in [0.15, 0.2) is 0 Å². The smallest absolute Gasteiger partial charge is 0.279 e. The van der Waals surface area contributed by atoms with Crippen molar-refractivity contribution >= 4 is 10.2 Å². The Morgan fingerprint density at radius 3 is 2.46 bits per heavy atom. The van der Waals surface area contributed by atoms with Crippen LogP contribution in [0.1, 0.15) is 0 Å². The Morgan fingerprint density at radius 1 is 1.46 bits per heavy atom. The molecule has 0 aliphatic carbocycles. The molecular weight excluding hydrogens is 196 g/mol. The Hall–Kier alpha value is -0.210. The quantitative estimate of drug-likeness (QED) is 0.572. The zero-order chi connectivity index (χ0) is 10.1. The minimum atomic E-state index is -3.47. The highest BCUT2D eigenvalue weighted by Crippen LogP contribution is 2.06. The molecule has 0 aromatic heterocycles. The molecule has 2 N–H and O–H groups in total. The summed E-state index contributed by atoms with van der Waals surface area (Å²) in [5.41, 5.74) is 0. The molecule has 1 aliphatic rings. The second-order valence-corrected chi connectivity index (χ2v) is 5.03. The van der Waals surface area contributed by atoms with Gasteiger partial charge in [-0.25, -0.2) is 0 Å². The first-order valence-electron chi connectivity index (χ1n) is 3.89. The van der Waals surface area contributed by atoms with Crippen molar-refractivity contribution in [2.24, 2.45) is 0 Å². The maximum atomic E-state index is 11.3. The summed E-state index contributed by atoms with van der Waals surface area (Å²) in [5.74, 6) is 0. The van der Waals surface area contributed by atoms with Gasteiger partial charge in [-0.1, -0.05) is 0 Å². The Bertz CT molecular complexity index is 264. The van der Waals surface area contributed by atoms with Gasteiger partial charge in [-0.15, -0.1) is 0 Å². The van der Waals surface area contributed by atoms with Crippen LogP contribution in [-0.4, -0.2) is 57.3 Å². The second-order valence-electron chi connectivity index (χ2n) is 3.12. The highest BCUT2D eigenvalue weighted by molar-refractivity contribution is 7.87. The van der Waals surface area contributed by atoms with Crippen molar-refractivity contribution in [3.63, 3.8) is 0 Å². The Morgan fingerprint density at radius 2 is 2.08 bits per heavy atom. The molecule has 1 heterocycles. The third-order valence-corrected chi connectivity index (χ3v) is 3.39. The average molecular weight is 210 g/mol. The number of aliphatic hydroxyl groups is 1. The molecule has 0 bridgehead atoms. The van der Waals surface area contributed by atoms with Gasteiger partial charge in [-0.2, -0.15) is 17.4 Å². The topological polar surface area (TPSA) is 78.9 Å². The molecule has 0 aromatic rings. The molecule has 0 spiro atoms. The molecule has 0 saturated carbocycles. The predicted octanol–water partition coefficient (Wildman–Crippen LogP) is -1.86. The summed E-state index contributed by atoms with van der Waals surface area (Å²) in [6.07, 6.45) is -0.755. The molecule has 0 aromatic carbocycles. The number of aliphatic hydroxyl groups excluding tert-OH is 1. The van der Waals surface area contributed by atoms with Crippen LogP contribution in [-0.2, 0) is 14.9 Å². The van der Waals surface area contributed by atoms with E-state index in [4.69, 9.17) is 4.74 Å². The average Bonchev–Trinajstić information content (AvgIpc) is 2.35. The van der Waals surface area contributed by atoms with Crippen molar-refractivity contribution in [1.29, 1.82) is 0 Å². The van der Waals surface area contributed by atoms with Crippen LogP contribution in [0.5, 0.6) is 0 Å². The fourth-order valence-corrected chi connectivity index (χ4v) is 1.77. The number of hydrogen-bond donors (Lipinski definition) is 2. The molecule has 7 heteroatoms. The fourth-order valence-electron chi connectivity index (χ4n) is 0.952. The zero-order valence-corrected chi connectivity index (χ0v) is 8.41. The molecule has 1 aliphatic heterocycles. The van der Waals surface area contributed by atoms with E-state index in [2.05, 4.69) is 4.72 Å². The molecular formula is C6H14N2O4S. The van der Waals surface area contributed by atoms with Gasteiger partial charge in [-0.05, 0) is 0 Å². The van der Waals surface area contributed by atoms with E-state index in [0.717, 1.165) is 4.31 Å². The van der Waals surface area contributed by atoms with Gasteiger partial charge in [0.05, 0.1) is 25.4 Å². The summed E-state index contributed by atoms with van der Waals surface area (Å²) in [7, 11) is -0.629. The number of ether oxygens (including phenoxy) is 1. The number of nitrogens with one attached hydrogen (secondary N) is 1. The number of rotatable bonds is 3. The highest BCUT2D eigenvalue weighted by Gasteiger charge is 2.30. The van der Waals surface area contributed by atoms with Crippen molar-refractivity contribution in [2.45, 2.75) is 12.1 Å². The minimum absolute atomic E-state index is 0.181. The molecule has 13 heavy (non-hydrogen) atoms. The molecule has 0 radical (unpaired) electrons. The van der Waals surface area contributed by atoms with Gasteiger partial charge in [0, 0.05) is 14.1 Å². The van der Waals surface area contributed by atoms with Crippen molar-refractivity contribution < 1.29 is 18.3 Å². The summed E-state index contributed by atoms with van der Waals surface area (Å²) >= 11 is 0. The lowest BCUT2D eigenvalue weighted by molar-refractivity contribution is 0.124. The van der Waals surface area contributed by atoms with Crippen LogP contribution in [0.25, 0.3) is 0 Å². The van der Waals surface area contributed by atoms with E-state index >= 15 is 0 Å². The van der Waals surface area contributed by atoms with E-state index in [-0.39, 0.29) is 13.2 Å². The highest BCUT2D eigenvalue weighted by atomic mass is 32.2. The van der Waals surface area contributed by atoms with Gasteiger partial charge in [0.2, 0.25) is 0 Å². The van der Waals surface area contributed by atoms with Gasteiger partial charge in [0.25, 0.3) is 10.2 Å². The van der Waals surface area contributed by atoms with Gasteiger partial charge in [-0.3, -0.25) is 0 Å². The zero-order valence-electron chi connectivity index (χ0n) is 7.60. The Labute approximate surface area is 77.7 Å². The van der Waals surface area contributed by atoms with Gasteiger partial charge >= 0.3 is 0 Å². The normalized spacial score (nSPS) is 29.8. The monoisotopic (exact) mass is 210 g/mol. The van der Waals surface area contributed by atoms with Gasteiger partial charge < -0.3 is 9.84 Å². The van der Waals surface area contributed by atoms with Crippen molar-refractivity contribution in [2.75, 3.05) is 27.3 Å². The van der Waals surface area contributed by atoms with E-state index < -0.39 is 22.4 Å². The summed E-state index contributed by atoms with van der Waals surface area (Å²) in [5, 5.41) is 9.26. The summed E-state index contributed by atoms with van der Waals surface area (Å²) in [4.78, 5) is 0. The third-order valence-electron chi connectivity index (χ3n) is 1.83. The lowest BCUT2D eigenvalue weighted by Gasteiger charge is -2.18. The molecule has 78 valence electrons. The lowest BCUT2D eigenvalue weighted by Crippen LogP contribution is -2.47. The molecule has 1 saturated heterocycles. The van der Waals surface area contributed by atoms with Crippen LogP contribution < -0.4 is 4.72 Å². The second kappa shape index (κ2) is 3.89. The first-order chi connectivity index (χ1) is 5.93. The maximum absolute atomic E-state index is 11.3. The largest absolute Gasteiger partial charge is 0.389 e. The molecule has 1 rings (SSSR count). The van der Waals surface area contributed by atoms with E-state index in [0.29, 0.717) is 0 Å². The SMILES string of the molecule is CN(C)S(=O)(=O)N[C@@H]1COC[C@H]1O.